The van der Waals surface area contributed by atoms with Crippen molar-refractivity contribution in [2.24, 2.45) is 5.92 Å². The molecule has 0 aromatic carbocycles. The van der Waals surface area contributed by atoms with Crippen molar-refractivity contribution < 1.29 is 9.52 Å². The fourth-order valence-corrected chi connectivity index (χ4v) is 1.47. The van der Waals surface area contributed by atoms with Crippen LogP contribution in [0.2, 0.25) is 0 Å². The number of nitrogens with zero attached hydrogens (tertiary/aromatic N) is 1. The molecule has 76 valence electrons. The molecule has 0 radical (unpaired) electrons. The van der Waals surface area contributed by atoms with E-state index < -0.39 is 6.10 Å². The van der Waals surface area contributed by atoms with Crippen molar-refractivity contribution in [2.45, 2.75) is 32.8 Å². The van der Waals surface area contributed by atoms with Crippen molar-refractivity contribution in [2.75, 3.05) is 0 Å². The molecule has 14 heavy (non-hydrogen) atoms. The van der Waals surface area contributed by atoms with Crippen molar-refractivity contribution in [1.82, 2.24) is 0 Å². The first-order valence-electron chi connectivity index (χ1n) is 4.82. The van der Waals surface area contributed by atoms with Crippen molar-refractivity contribution in [1.29, 1.82) is 5.26 Å². The predicted molar refractivity (Wildman–Crippen MR) is 52.4 cm³/mol. The van der Waals surface area contributed by atoms with Gasteiger partial charge in [0.15, 0.2) is 0 Å². The van der Waals surface area contributed by atoms with Crippen molar-refractivity contribution in [3.63, 3.8) is 0 Å². The molecule has 0 bridgehead atoms. The van der Waals surface area contributed by atoms with Crippen molar-refractivity contribution in [3.05, 3.63) is 23.7 Å². The van der Waals surface area contributed by atoms with Crippen LogP contribution in [0.4, 0.5) is 0 Å². The Labute approximate surface area is 84.0 Å². The summed E-state index contributed by atoms with van der Waals surface area (Å²) in [5.41, 5.74) is 0.897. The molecule has 0 aliphatic rings. The fourth-order valence-electron chi connectivity index (χ4n) is 1.47. The van der Waals surface area contributed by atoms with Gasteiger partial charge in [0.25, 0.3) is 0 Å². The molecule has 1 N–H and O–H groups in total. The molecule has 1 rings (SSSR count). The average molecular weight is 193 g/mol. The van der Waals surface area contributed by atoms with Crippen LogP contribution in [0.3, 0.4) is 0 Å². The molecule has 1 heterocycles. The van der Waals surface area contributed by atoms with Crippen LogP contribution in [0.15, 0.2) is 16.7 Å². The van der Waals surface area contributed by atoms with Gasteiger partial charge in [-0.3, -0.25) is 0 Å². The molecule has 1 aromatic rings. The van der Waals surface area contributed by atoms with E-state index in [-0.39, 0.29) is 5.92 Å². The van der Waals surface area contributed by atoms with Crippen molar-refractivity contribution in [3.8, 4) is 6.07 Å². The molecule has 1 aromatic heterocycles. The van der Waals surface area contributed by atoms with Gasteiger partial charge >= 0.3 is 0 Å². The van der Waals surface area contributed by atoms with Gasteiger partial charge in [0.2, 0.25) is 0 Å². The van der Waals surface area contributed by atoms with E-state index in [1.165, 1.54) is 6.26 Å². The highest BCUT2D eigenvalue weighted by Gasteiger charge is 2.23. The van der Waals surface area contributed by atoms with Gasteiger partial charge in [0.1, 0.15) is 11.9 Å². The fraction of sp³-hybridized carbons (Fsp3) is 0.545. The standard InChI is InChI=1S/C11H15NO2/c1-3-4-9(7-12)10(13)11-8(2)5-6-14-11/h5-6,9-10,13H,3-4H2,1-2H3. The van der Waals surface area contributed by atoms with Gasteiger partial charge in [-0.2, -0.15) is 5.26 Å². The number of aliphatic hydroxyl groups excluding tert-OH is 1. The van der Waals surface area contributed by atoms with Crippen molar-refractivity contribution >= 4 is 0 Å². The third kappa shape index (κ3) is 2.15. The zero-order chi connectivity index (χ0) is 10.6. The minimum atomic E-state index is -0.796. The molecule has 0 amide bonds. The first-order chi connectivity index (χ1) is 6.70. The normalized spacial score (nSPS) is 14.7. The minimum absolute atomic E-state index is 0.371. The summed E-state index contributed by atoms with van der Waals surface area (Å²) in [4.78, 5) is 0. The highest BCUT2D eigenvalue weighted by atomic mass is 16.4. The monoisotopic (exact) mass is 193 g/mol. The highest BCUT2D eigenvalue weighted by molar-refractivity contribution is 5.18. The number of nitriles is 1. The maximum Gasteiger partial charge on any atom is 0.136 e. The Hall–Kier alpha value is -1.27. The number of furan rings is 1. The van der Waals surface area contributed by atoms with Crippen LogP contribution in [0.5, 0.6) is 0 Å². The lowest BCUT2D eigenvalue weighted by Crippen LogP contribution is -2.10. The van der Waals surface area contributed by atoms with E-state index in [0.29, 0.717) is 12.2 Å². The second-order valence-electron chi connectivity index (χ2n) is 3.44. The Morgan fingerprint density at radius 3 is 2.79 bits per heavy atom. The smallest absolute Gasteiger partial charge is 0.136 e. The highest BCUT2D eigenvalue weighted by Crippen LogP contribution is 2.27. The summed E-state index contributed by atoms with van der Waals surface area (Å²) in [5.74, 6) is 0.148. The Balaban J connectivity index is 2.78. The first kappa shape index (κ1) is 10.8. The molecule has 0 aliphatic heterocycles. The topological polar surface area (TPSA) is 57.2 Å². The second-order valence-corrected chi connectivity index (χ2v) is 3.44. The minimum Gasteiger partial charge on any atom is -0.466 e. The Morgan fingerprint density at radius 1 is 1.64 bits per heavy atom. The molecule has 3 nitrogen and oxygen atoms in total. The molecule has 0 spiro atoms. The van der Waals surface area contributed by atoms with Gasteiger partial charge in [0.05, 0.1) is 18.3 Å². The maximum absolute atomic E-state index is 9.86. The molecule has 0 saturated heterocycles. The Kier molecular flexibility index (Phi) is 3.73. The predicted octanol–water partition coefficient (Wildman–Crippen LogP) is 2.56. The average Bonchev–Trinajstić information content (AvgIpc) is 2.59. The van der Waals surface area contributed by atoms with Gasteiger partial charge < -0.3 is 9.52 Å². The molecule has 0 aliphatic carbocycles. The number of aliphatic hydroxyl groups is 1. The molecule has 3 heteroatoms. The summed E-state index contributed by atoms with van der Waals surface area (Å²) in [6, 6.07) is 3.90. The van der Waals surface area contributed by atoms with Gasteiger partial charge in [-0.1, -0.05) is 13.3 Å². The summed E-state index contributed by atoms with van der Waals surface area (Å²) >= 11 is 0. The molecule has 0 saturated carbocycles. The summed E-state index contributed by atoms with van der Waals surface area (Å²) in [5, 5.41) is 18.7. The molecular weight excluding hydrogens is 178 g/mol. The third-order valence-corrected chi connectivity index (χ3v) is 2.32. The summed E-state index contributed by atoms with van der Waals surface area (Å²) < 4.78 is 5.15. The molecule has 0 fully saturated rings. The van der Waals surface area contributed by atoms with E-state index in [9.17, 15) is 5.11 Å². The molecule has 2 atom stereocenters. The summed E-state index contributed by atoms with van der Waals surface area (Å²) in [6.45, 7) is 3.86. The van der Waals surface area contributed by atoms with Gasteiger partial charge in [-0.15, -0.1) is 0 Å². The zero-order valence-corrected chi connectivity index (χ0v) is 8.53. The van der Waals surface area contributed by atoms with Crippen LogP contribution in [0.25, 0.3) is 0 Å². The van der Waals surface area contributed by atoms with Gasteiger partial charge in [-0.25, -0.2) is 0 Å². The maximum atomic E-state index is 9.86. The lowest BCUT2D eigenvalue weighted by molar-refractivity contribution is 0.105. The largest absolute Gasteiger partial charge is 0.466 e. The lowest BCUT2D eigenvalue weighted by atomic mass is 9.95. The van der Waals surface area contributed by atoms with E-state index in [0.717, 1.165) is 12.0 Å². The van der Waals surface area contributed by atoms with E-state index in [1.54, 1.807) is 6.07 Å². The molecule has 2 unspecified atom stereocenters. The van der Waals surface area contributed by atoms with Crippen LogP contribution in [0.1, 0.15) is 37.2 Å². The number of hydrogen-bond donors (Lipinski definition) is 1. The van der Waals surface area contributed by atoms with Crippen LogP contribution < -0.4 is 0 Å². The lowest BCUT2D eigenvalue weighted by Gasteiger charge is -2.14. The number of aryl methyl sites for hydroxylation is 1. The van der Waals surface area contributed by atoms with E-state index in [4.69, 9.17) is 9.68 Å². The second kappa shape index (κ2) is 4.83. The number of hydrogen-bond acceptors (Lipinski definition) is 3. The van der Waals surface area contributed by atoms with Crippen LogP contribution in [-0.2, 0) is 0 Å². The van der Waals surface area contributed by atoms with Gasteiger partial charge in [0, 0.05) is 0 Å². The summed E-state index contributed by atoms with van der Waals surface area (Å²) in [7, 11) is 0. The zero-order valence-electron chi connectivity index (χ0n) is 8.53. The van der Waals surface area contributed by atoms with Gasteiger partial charge in [-0.05, 0) is 25.0 Å². The Bertz CT molecular complexity index is 324. The third-order valence-electron chi connectivity index (χ3n) is 2.32. The van der Waals surface area contributed by atoms with Crippen LogP contribution >= 0.6 is 0 Å². The van der Waals surface area contributed by atoms with Crippen LogP contribution in [-0.4, -0.2) is 5.11 Å². The van der Waals surface area contributed by atoms with Crippen LogP contribution in [0, 0.1) is 24.2 Å². The summed E-state index contributed by atoms with van der Waals surface area (Å²) in [6.07, 6.45) is 2.32. The van der Waals surface area contributed by atoms with E-state index >= 15 is 0 Å². The number of rotatable bonds is 4. The quantitative estimate of drug-likeness (QED) is 0.799. The first-order valence-corrected chi connectivity index (χ1v) is 4.82. The van der Waals surface area contributed by atoms with E-state index in [2.05, 4.69) is 6.07 Å². The molecular formula is C11H15NO2. The Morgan fingerprint density at radius 2 is 2.36 bits per heavy atom. The van der Waals surface area contributed by atoms with E-state index in [1.807, 2.05) is 13.8 Å². The SMILES string of the molecule is CCCC(C#N)C(O)c1occc1C.